The Hall–Kier alpha value is -1.46. The second kappa shape index (κ2) is 7.21. The summed E-state index contributed by atoms with van der Waals surface area (Å²) in [5.41, 5.74) is 0.750. The molecule has 0 bridgehead atoms. The quantitative estimate of drug-likeness (QED) is 0.895. The second-order valence-corrected chi connectivity index (χ2v) is 4.88. The third-order valence-electron chi connectivity index (χ3n) is 3.14. The van der Waals surface area contributed by atoms with Gasteiger partial charge in [-0.05, 0) is 25.5 Å². The average molecular weight is 263 g/mol. The predicted octanol–water partition coefficient (Wildman–Crippen LogP) is 1.52. The van der Waals surface area contributed by atoms with Crippen LogP contribution in [0.25, 0.3) is 0 Å². The molecule has 0 saturated carbocycles. The molecule has 1 unspecified atom stereocenters. The molecule has 1 aliphatic heterocycles. The first kappa shape index (κ1) is 14.0. The Morgan fingerprint density at radius 3 is 3.32 bits per heavy atom. The van der Waals surface area contributed by atoms with Crippen molar-refractivity contribution in [3.63, 3.8) is 0 Å². The van der Waals surface area contributed by atoms with Crippen molar-refractivity contribution < 1.29 is 9.53 Å². The maximum absolute atomic E-state index is 11.8. The van der Waals surface area contributed by atoms with Gasteiger partial charge in [0.25, 0.3) is 0 Å². The lowest BCUT2D eigenvalue weighted by molar-refractivity contribution is -0.116. The van der Waals surface area contributed by atoms with E-state index in [2.05, 4.69) is 22.1 Å². The molecule has 5 nitrogen and oxygen atoms in total. The smallest absolute Gasteiger partial charge is 0.225 e. The highest BCUT2D eigenvalue weighted by Crippen LogP contribution is 2.07. The van der Waals surface area contributed by atoms with Gasteiger partial charge in [-0.25, -0.2) is 0 Å². The standard InChI is InChI=1S/C14H21N3O2/c1-12-11-17(7-3-9-19-12)8-5-14(18)16-13-4-2-6-15-10-13/h2,4,6,10,12H,3,5,7-9,11H2,1H3,(H,16,18). The minimum absolute atomic E-state index is 0.0332. The van der Waals surface area contributed by atoms with E-state index in [9.17, 15) is 4.79 Å². The summed E-state index contributed by atoms with van der Waals surface area (Å²) in [5, 5.41) is 2.85. The van der Waals surface area contributed by atoms with Crippen molar-refractivity contribution in [1.29, 1.82) is 0 Å². The zero-order chi connectivity index (χ0) is 13.5. The molecule has 1 atom stereocenters. The molecule has 1 amide bonds. The van der Waals surface area contributed by atoms with Crippen molar-refractivity contribution in [2.75, 3.05) is 31.6 Å². The van der Waals surface area contributed by atoms with E-state index >= 15 is 0 Å². The molecular weight excluding hydrogens is 242 g/mol. The lowest BCUT2D eigenvalue weighted by Crippen LogP contribution is -2.33. The third-order valence-corrected chi connectivity index (χ3v) is 3.14. The van der Waals surface area contributed by atoms with Crippen molar-refractivity contribution in [3.05, 3.63) is 24.5 Å². The highest BCUT2D eigenvalue weighted by Gasteiger charge is 2.15. The molecule has 0 radical (unpaired) electrons. The molecule has 2 rings (SSSR count). The van der Waals surface area contributed by atoms with Gasteiger partial charge in [0, 0.05) is 38.9 Å². The molecule has 19 heavy (non-hydrogen) atoms. The molecule has 1 aromatic rings. The van der Waals surface area contributed by atoms with Crippen LogP contribution in [-0.4, -0.2) is 48.1 Å². The summed E-state index contributed by atoms with van der Waals surface area (Å²) in [6.07, 6.45) is 5.13. The van der Waals surface area contributed by atoms with E-state index in [1.165, 1.54) is 0 Å². The van der Waals surface area contributed by atoms with Crippen LogP contribution in [0.15, 0.2) is 24.5 Å². The van der Waals surface area contributed by atoms with Crippen LogP contribution in [0.1, 0.15) is 19.8 Å². The summed E-state index contributed by atoms with van der Waals surface area (Å²) in [5.74, 6) is 0.0332. The van der Waals surface area contributed by atoms with Gasteiger partial charge in [0.2, 0.25) is 5.91 Å². The summed E-state index contributed by atoms with van der Waals surface area (Å²) in [6, 6.07) is 3.65. The van der Waals surface area contributed by atoms with Gasteiger partial charge in [-0.3, -0.25) is 9.78 Å². The molecule has 1 aliphatic rings. The van der Waals surface area contributed by atoms with E-state index in [1.807, 2.05) is 12.1 Å². The summed E-state index contributed by atoms with van der Waals surface area (Å²) in [6.45, 7) is 5.58. The lowest BCUT2D eigenvalue weighted by Gasteiger charge is -2.21. The first-order valence-corrected chi connectivity index (χ1v) is 6.78. The first-order valence-electron chi connectivity index (χ1n) is 6.78. The van der Waals surface area contributed by atoms with Crippen LogP contribution < -0.4 is 5.32 Å². The number of aromatic nitrogens is 1. The van der Waals surface area contributed by atoms with Crippen LogP contribution in [0.5, 0.6) is 0 Å². The van der Waals surface area contributed by atoms with E-state index in [0.717, 1.165) is 38.3 Å². The Labute approximate surface area is 114 Å². The average Bonchev–Trinajstić information content (AvgIpc) is 2.62. The number of rotatable bonds is 4. The van der Waals surface area contributed by atoms with Gasteiger partial charge >= 0.3 is 0 Å². The number of anilines is 1. The summed E-state index contributed by atoms with van der Waals surface area (Å²) >= 11 is 0. The molecular formula is C14H21N3O2. The Kier molecular flexibility index (Phi) is 5.30. The highest BCUT2D eigenvalue weighted by molar-refractivity contribution is 5.90. The highest BCUT2D eigenvalue weighted by atomic mass is 16.5. The summed E-state index contributed by atoms with van der Waals surface area (Å²) in [4.78, 5) is 18.1. The summed E-state index contributed by atoms with van der Waals surface area (Å²) < 4.78 is 5.59. The molecule has 0 spiro atoms. The van der Waals surface area contributed by atoms with Gasteiger partial charge < -0.3 is 15.0 Å². The molecule has 5 heteroatoms. The number of ether oxygens (including phenoxy) is 1. The van der Waals surface area contributed by atoms with Gasteiger partial charge in [-0.15, -0.1) is 0 Å². The van der Waals surface area contributed by atoms with Crippen molar-refractivity contribution in [3.8, 4) is 0 Å². The van der Waals surface area contributed by atoms with Crippen LogP contribution in [0.3, 0.4) is 0 Å². The molecule has 0 aliphatic carbocycles. The van der Waals surface area contributed by atoms with Gasteiger partial charge in [0.1, 0.15) is 0 Å². The zero-order valence-electron chi connectivity index (χ0n) is 11.3. The van der Waals surface area contributed by atoms with Crippen molar-refractivity contribution in [2.45, 2.75) is 25.9 Å². The lowest BCUT2D eigenvalue weighted by atomic mass is 10.3. The third kappa shape index (κ3) is 4.96. The van der Waals surface area contributed by atoms with E-state index < -0.39 is 0 Å². The number of hydrogen-bond donors (Lipinski definition) is 1. The SMILES string of the molecule is CC1CN(CCC(=O)Nc2cccnc2)CCCO1. The van der Waals surface area contributed by atoms with Crippen LogP contribution in [0.4, 0.5) is 5.69 Å². The minimum atomic E-state index is 0.0332. The molecule has 1 aromatic heterocycles. The molecule has 1 fully saturated rings. The monoisotopic (exact) mass is 263 g/mol. The van der Waals surface area contributed by atoms with E-state index in [4.69, 9.17) is 4.74 Å². The van der Waals surface area contributed by atoms with Crippen LogP contribution in [0, 0.1) is 0 Å². The normalized spacial score (nSPS) is 20.8. The fraction of sp³-hybridized carbons (Fsp3) is 0.571. The van der Waals surface area contributed by atoms with Crippen molar-refractivity contribution in [1.82, 2.24) is 9.88 Å². The van der Waals surface area contributed by atoms with Crippen LogP contribution in [-0.2, 0) is 9.53 Å². The fourth-order valence-corrected chi connectivity index (χ4v) is 2.20. The van der Waals surface area contributed by atoms with E-state index in [0.29, 0.717) is 6.42 Å². The van der Waals surface area contributed by atoms with Gasteiger partial charge in [0.05, 0.1) is 18.0 Å². The number of pyridine rings is 1. The van der Waals surface area contributed by atoms with Gasteiger partial charge in [0.15, 0.2) is 0 Å². The molecule has 2 heterocycles. The van der Waals surface area contributed by atoms with Crippen molar-refractivity contribution >= 4 is 11.6 Å². The Morgan fingerprint density at radius 1 is 1.63 bits per heavy atom. The van der Waals surface area contributed by atoms with Gasteiger partial charge in [-0.2, -0.15) is 0 Å². The minimum Gasteiger partial charge on any atom is -0.377 e. The van der Waals surface area contributed by atoms with Crippen LogP contribution in [0.2, 0.25) is 0 Å². The van der Waals surface area contributed by atoms with E-state index in [1.54, 1.807) is 12.4 Å². The number of amides is 1. The van der Waals surface area contributed by atoms with E-state index in [-0.39, 0.29) is 12.0 Å². The number of carbonyl (C=O) groups is 1. The predicted molar refractivity (Wildman–Crippen MR) is 74.0 cm³/mol. The van der Waals surface area contributed by atoms with Crippen LogP contribution >= 0.6 is 0 Å². The number of hydrogen-bond acceptors (Lipinski definition) is 4. The molecule has 1 saturated heterocycles. The number of nitrogens with one attached hydrogen (secondary N) is 1. The largest absolute Gasteiger partial charge is 0.377 e. The number of carbonyl (C=O) groups excluding carboxylic acids is 1. The maximum Gasteiger partial charge on any atom is 0.225 e. The topological polar surface area (TPSA) is 54.5 Å². The molecule has 0 aromatic carbocycles. The first-order chi connectivity index (χ1) is 9.24. The molecule has 1 N–H and O–H groups in total. The van der Waals surface area contributed by atoms with Crippen molar-refractivity contribution in [2.24, 2.45) is 0 Å². The Morgan fingerprint density at radius 2 is 2.53 bits per heavy atom. The summed E-state index contributed by atoms with van der Waals surface area (Å²) in [7, 11) is 0. The fourth-order valence-electron chi connectivity index (χ4n) is 2.20. The Bertz CT molecular complexity index is 397. The zero-order valence-corrected chi connectivity index (χ0v) is 11.3. The Balaban J connectivity index is 1.74. The van der Waals surface area contributed by atoms with Gasteiger partial charge in [-0.1, -0.05) is 0 Å². The second-order valence-electron chi connectivity index (χ2n) is 4.88. The maximum atomic E-state index is 11.8. The number of nitrogens with zero attached hydrogens (tertiary/aromatic N) is 2. The molecule has 104 valence electrons.